The lowest BCUT2D eigenvalue weighted by Crippen LogP contribution is -2.49. The molecular formula is C26H27F6N3O3. The van der Waals surface area contributed by atoms with Crippen LogP contribution in [0.25, 0.3) is 0 Å². The SMILES string of the molecule is CCOC(=O)N1c2c(ccc3c2CCC3)C(N(Cc2cc(C(F)(F)F)cc(C(F)(F)F)c2)C(N)=O)CC1C. The molecule has 6 nitrogen and oxygen atoms in total. The number of hydrogen-bond donors (Lipinski definition) is 1. The second-order valence-corrected chi connectivity index (χ2v) is 9.54. The lowest BCUT2D eigenvalue weighted by Gasteiger charge is -2.43. The Balaban J connectivity index is 1.81. The van der Waals surface area contributed by atoms with E-state index in [2.05, 4.69) is 0 Å². The molecule has 0 bridgehead atoms. The molecule has 12 heteroatoms. The number of nitrogens with two attached hydrogens (primary N) is 1. The second kappa shape index (κ2) is 10.0. The number of aryl methyl sites for hydroxylation is 1. The van der Waals surface area contributed by atoms with E-state index >= 15 is 0 Å². The zero-order chi connectivity index (χ0) is 28.0. The average molecular weight is 544 g/mol. The first-order valence-electron chi connectivity index (χ1n) is 12.2. The molecule has 2 atom stereocenters. The monoisotopic (exact) mass is 543 g/mol. The molecule has 0 aromatic heterocycles. The number of amides is 3. The molecule has 2 aliphatic rings. The third-order valence-corrected chi connectivity index (χ3v) is 7.01. The summed E-state index contributed by atoms with van der Waals surface area (Å²) >= 11 is 0. The Labute approximate surface area is 215 Å². The predicted octanol–water partition coefficient (Wildman–Crippen LogP) is 6.59. The number of halogens is 6. The van der Waals surface area contributed by atoms with Crippen LogP contribution in [0.15, 0.2) is 30.3 Å². The number of ether oxygens (including phenoxy) is 1. The maximum atomic E-state index is 13.4. The van der Waals surface area contributed by atoms with Crippen LogP contribution >= 0.6 is 0 Å². The second-order valence-electron chi connectivity index (χ2n) is 9.54. The van der Waals surface area contributed by atoms with Crippen molar-refractivity contribution in [2.75, 3.05) is 11.5 Å². The van der Waals surface area contributed by atoms with E-state index in [1.807, 2.05) is 6.07 Å². The van der Waals surface area contributed by atoms with E-state index < -0.39 is 54.2 Å². The Morgan fingerprint density at radius 1 is 1.05 bits per heavy atom. The third kappa shape index (κ3) is 5.25. The van der Waals surface area contributed by atoms with Crippen molar-refractivity contribution in [3.8, 4) is 0 Å². The van der Waals surface area contributed by atoms with E-state index in [4.69, 9.17) is 10.5 Å². The van der Waals surface area contributed by atoms with Gasteiger partial charge in [-0.15, -0.1) is 0 Å². The van der Waals surface area contributed by atoms with E-state index in [0.717, 1.165) is 28.9 Å². The lowest BCUT2D eigenvalue weighted by molar-refractivity contribution is -0.143. The van der Waals surface area contributed by atoms with Crippen LogP contribution in [0.5, 0.6) is 0 Å². The van der Waals surface area contributed by atoms with Gasteiger partial charge in [-0.25, -0.2) is 9.59 Å². The molecule has 0 spiro atoms. The standard InChI is InChI=1S/C26H27F6N3O3/c1-3-38-24(37)35-14(2)9-21(20-8-7-16-5-4-6-19(16)22(20)35)34(23(33)36)13-15-10-17(25(27,28)29)12-18(11-15)26(30,31)32/h7-8,10-12,14,21H,3-6,9,13H2,1-2H3,(H2,33,36). The molecule has 38 heavy (non-hydrogen) atoms. The minimum atomic E-state index is -5.03. The number of alkyl halides is 6. The van der Waals surface area contributed by atoms with Crippen molar-refractivity contribution >= 4 is 17.8 Å². The van der Waals surface area contributed by atoms with Gasteiger partial charge in [0.1, 0.15) is 0 Å². The van der Waals surface area contributed by atoms with Crippen molar-refractivity contribution in [1.82, 2.24) is 4.90 Å². The smallest absolute Gasteiger partial charge is 0.416 e. The molecule has 206 valence electrons. The Bertz CT molecular complexity index is 1210. The van der Waals surface area contributed by atoms with E-state index in [9.17, 15) is 35.9 Å². The fourth-order valence-electron chi connectivity index (χ4n) is 5.40. The van der Waals surface area contributed by atoms with Gasteiger partial charge in [0.25, 0.3) is 0 Å². The summed E-state index contributed by atoms with van der Waals surface area (Å²) in [6.45, 7) is 2.97. The molecule has 2 unspecified atom stereocenters. The number of anilines is 1. The number of rotatable bonds is 4. The number of fused-ring (bicyclic) bond motifs is 3. The fraction of sp³-hybridized carbons (Fsp3) is 0.462. The Hall–Kier alpha value is -3.44. The molecule has 0 saturated heterocycles. The van der Waals surface area contributed by atoms with Crippen LogP contribution in [-0.2, 0) is 36.5 Å². The first-order chi connectivity index (χ1) is 17.7. The molecule has 2 aromatic rings. The van der Waals surface area contributed by atoms with Gasteiger partial charge in [-0.05, 0) is 80.0 Å². The quantitative estimate of drug-likeness (QED) is 0.442. The summed E-state index contributed by atoms with van der Waals surface area (Å²) in [6.07, 6.45) is -8.15. The van der Waals surface area contributed by atoms with Gasteiger partial charge in [-0.3, -0.25) is 4.90 Å². The van der Waals surface area contributed by atoms with Crippen molar-refractivity contribution in [3.63, 3.8) is 0 Å². The van der Waals surface area contributed by atoms with Crippen LogP contribution in [0.1, 0.15) is 66.1 Å². The fourth-order valence-corrected chi connectivity index (χ4v) is 5.40. The topological polar surface area (TPSA) is 75.9 Å². The number of nitrogens with zero attached hydrogens (tertiary/aromatic N) is 2. The molecule has 1 heterocycles. The average Bonchev–Trinajstić information content (AvgIpc) is 3.30. The van der Waals surface area contributed by atoms with Crippen LogP contribution in [-0.4, -0.2) is 29.7 Å². The normalized spacial score (nSPS) is 19.1. The molecule has 1 aliphatic heterocycles. The van der Waals surface area contributed by atoms with E-state index in [1.165, 1.54) is 4.90 Å². The van der Waals surface area contributed by atoms with E-state index in [-0.39, 0.29) is 24.7 Å². The molecule has 0 radical (unpaired) electrons. The van der Waals surface area contributed by atoms with Crippen molar-refractivity contribution in [3.05, 3.63) is 63.7 Å². The van der Waals surface area contributed by atoms with E-state index in [0.29, 0.717) is 29.8 Å². The summed E-state index contributed by atoms with van der Waals surface area (Å²) in [4.78, 5) is 28.1. The number of carbonyl (C=O) groups is 2. The zero-order valence-electron chi connectivity index (χ0n) is 20.7. The number of primary amides is 1. The summed E-state index contributed by atoms with van der Waals surface area (Å²) in [7, 11) is 0. The molecule has 1 aliphatic carbocycles. The van der Waals surface area contributed by atoms with Crippen LogP contribution in [0.4, 0.5) is 41.6 Å². The van der Waals surface area contributed by atoms with Crippen LogP contribution in [0.3, 0.4) is 0 Å². The number of benzene rings is 2. The van der Waals surface area contributed by atoms with Gasteiger partial charge in [-0.2, -0.15) is 26.3 Å². The first kappa shape index (κ1) is 27.6. The van der Waals surface area contributed by atoms with E-state index in [1.54, 1.807) is 19.9 Å². The molecule has 0 fully saturated rings. The number of carbonyl (C=O) groups excluding carboxylic acids is 2. The predicted molar refractivity (Wildman–Crippen MR) is 126 cm³/mol. The minimum absolute atomic E-state index is 0.0383. The van der Waals surface area contributed by atoms with Crippen LogP contribution in [0.2, 0.25) is 0 Å². The summed E-state index contributed by atoms with van der Waals surface area (Å²) < 4.78 is 85.8. The lowest BCUT2D eigenvalue weighted by atomic mass is 9.87. The van der Waals surface area contributed by atoms with Gasteiger partial charge in [0.15, 0.2) is 0 Å². The molecule has 2 N–H and O–H groups in total. The third-order valence-electron chi connectivity index (χ3n) is 7.01. The van der Waals surface area contributed by atoms with Crippen LogP contribution < -0.4 is 10.6 Å². The summed E-state index contributed by atoms with van der Waals surface area (Å²) in [5.74, 6) is 0. The summed E-state index contributed by atoms with van der Waals surface area (Å²) in [5, 5.41) is 0. The molecule has 4 rings (SSSR count). The largest absolute Gasteiger partial charge is 0.449 e. The van der Waals surface area contributed by atoms with Gasteiger partial charge in [-0.1, -0.05) is 12.1 Å². The van der Waals surface area contributed by atoms with Gasteiger partial charge in [0.2, 0.25) is 0 Å². The maximum Gasteiger partial charge on any atom is 0.416 e. The van der Waals surface area contributed by atoms with Crippen molar-refractivity contribution in [2.24, 2.45) is 5.73 Å². The zero-order valence-corrected chi connectivity index (χ0v) is 20.7. The van der Waals surface area contributed by atoms with Crippen molar-refractivity contribution in [1.29, 1.82) is 0 Å². The van der Waals surface area contributed by atoms with Gasteiger partial charge < -0.3 is 15.4 Å². The highest BCUT2D eigenvalue weighted by atomic mass is 19.4. The highest BCUT2D eigenvalue weighted by Gasteiger charge is 2.42. The number of hydrogen-bond acceptors (Lipinski definition) is 3. The van der Waals surface area contributed by atoms with Crippen molar-refractivity contribution in [2.45, 2.75) is 70.5 Å². The minimum Gasteiger partial charge on any atom is -0.449 e. The highest BCUT2D eigenvalue weighted by molar-refractivity contribution is 5.92. The highest BCUT2D eigenvalue weighted by Crippen LogP contribution is 2.46. The van der Waals surface area contributed by atoms with Gasteiger partial charge in [0.05, 0.1) is 29.5 Å². The van der Waals surface area contributed by atoms with Gasteiger partial charge >= 0.3 is 24.5 Å². The Morgan fingerprint density at radius 3 is 2.24 bits per heavy atom. The first-order valence-corrected chi connectivity index (χ1v) is 12.2. The van der Waals surface area contributed by atoms with Crippen LogP contribution in [0, 0.1) is 0 Å². The number of urea groups is 1. The Kier molecular flexibility index (Phi) is 7.28. The summed E-state index contributed by atoms with van der Waals surface area (Å²) in [5.41, 5.74) is 5.39. The molecule has 3 amide bonds. The molecule has 0 saturated carbocycles. The Morgan fingerprint density at radius 2 is 1.68 bits per heavy atom. The molecular weight excluding hydrogens is 516 g/mol. The summed E-state index contributed by atoms with van der Waals surface area (Å²) in [6, 6.07) is 2.54. The van der Waals surface area contributed by atoms with Gasteiger partial charge in [0, 0.05) is 12.6 Å². The van der Waals surface area contributed by atoms with Crippen molar-refractivity contribution < 1.29 is 40.7 Å². The maximum absolute atomic E-state index is 13.4. The molecule has 2 aromatic carbocycles.